The first kappa shape index (κ1) is 16.0. The summed E-state index contributed by atoms with van der Waals surface area (Å²) in [5.41, 5.74) is 8.80. The highest BCUT2D eigenvalue weighted by atomic mass is 16.5. The average Bonchev–Trinajstić information content (AvgIpc) is 3.03. The number of imidazole rings is 1. The van der Waals surface area contributed by atoms with E-state index in [0.717, 1.165) is 28.3 Å². The Morgan fingerprint density at radius 3 is 2.96 bits per heavy atom. The number of nitrogens with two attached hydrogens (primary N) is 1. The zero-order valence-corrected chi connectivity index (χ0v) is 13.5. The van der Waals surface area contributed by atoms with Crippen molar-refractivity contribution in [2.75, 3.05) is 19.0 Å². The van der Waals surface area contributed by atoms with E-state index >= 15 is 0 Å². The summed E-state index contributed by atoms with van der Waals surface area (Å²) in [4.78, 5) is 16.4. The van der Waals surface area contributed by atoms with Gasteiger partial charge in [0.2, 0.25) is 5.91 Å². The van der Waals surface area contributed by atoms with E-state index in [0.29, 0.717) is 19.4 Å². The molecule has 1 amide bonds. The van der Waals surface area contributed by atoms with Crippen LogP contribution in [0.2, 0.25) is 0 Å². The molecule has 0 spiro atoms. The van der Waals surface area contributed by atoms with Crippen molar-refractivity contribution >= 4 is 17.2 Å². The molecule has 0 bridgehead atoms. The number of carbonyl (C=O) groups is 1. The lowest BCUT2D eigenvalue weighted by Gasteiger charge is -2.05. The molecule has 0 saturated heterocycles. The predicted octanol–water partition coefficient (Wildman–Crippen LogP) is 2.69. The van der Waals surface area contributed by atoms with Crippen LogP contribution in [0.5, 0.6) is 5.75 Å². The molecular formula is C18H20N4O2. The minimum absolute atomic E-state index is 0.0343. The van der Waals surface area contributed by atoms with E-state index in [1.807, 2.05) is 53.2 Å². The Kier molecular flexibility index (Phi) is 4.77. The highest BCUT2D eigenvalue weighted by Gasteiger charge is 2.07. The minimum atomic E-state index is -0.0343. The van der Waals surface area contributed by atoms with Crippen molar-refractivity contribution in [1.82, 2.24) is 9.38 Å². The molecule has 0 aliphatic carbocycles. The Bertz CT molecular complexity index is 857. The van der Waals surface area contributed by atoms with E-state index in [1.165, 1.54) is 0 Å². The number of pyridine rings is 1. The maximum Gasteiger partial charge on any atom is 0.224 e. The van der Waals surface area contributed by atoms with Crippen LogP contribution in [-0.2, 0) is 4.79 Å². The Labute approximate surface area is 140 Å². The minimum Gasteiger partial charge on any atom is -0.497 e. The van der Waals surface area contributed by atoms with E-state index in [2.05, 4.69) is 10.3 Å². The number of anilines is 1. The van der Waals surface area contributed by atoms with Gasteiger partial charge in [0.05, 0.1) is 18.5 Å². The molecule has 6 heteroatoms. The second-order valence-electron chi connectivity index (χ2n) is 5.48. The number of methoxy groups -OCH3 is 1. The van der Waals surface area contributed by atoms with Crippen LogP contribution in [0.15, 0.2) is 48.8 Å². The number of hydrogen-bond acceptors (Lipinski definition) is 4. The smallest absolute Gasteiger partial charge is 0.224 e. The number of aromatic nitrogens is 2. The SMILES string of the molecule is COc1cccc(-c2cn3cc(NC(=O)CCCN)ccc3n2)c1. The molecule has 0 aliphatic heterocycles. The molecule has 0 aliphatic rings. The molecule has 6 nitrogen and oxygen atoms in total. The van der Waals surface area contributed by atoms with Gasteiger partial charge in [-0.15, -0.1) is 0 Å². The van der Waals surface area contributed by atoms with Gasteiger partial charge >= 0.3 is 0 Å². The number of amides is 1. The van der Waals surface area contributed by atoms with Crippen LogP contribution < -0.4 is 15.8 Å². The Morgan fingerprint density at radius 2 is 2.17 bits per heavy atom. The van der Waals surface area contributed by atoms with Crippen molar-refractivity contribution in [2.24, 2.45) is 5.73 Å². The first-order valence-electron chi connectivity index (χ1n) is 7.82. The predicted molar refractivity (Wildman–Crippen MR) is 94.1 cm³/mol. The third-order valence-corrected chi connectivity index (χ3v) is 3.71. The lowest BCUT2D eigenvalue weighted by Crippen LogP contribution is -2.13. The van der Waals surface area contributed by atoms with Crippen molar-refractivity contribution in [2.45, 2.75) is 12.8 Å². The topological polar surface area (TPSA) is 81.7 Å². The van der Waals surface area contributed by atoms with Crippen molar-refractivity contribution in [3.05, 3.63) is 48.8 Å². The van der Waals surface area contributed by atoms with E-state index in [9.17, 15) is 4.79 Å². The number of carbonyl (C=O) groups excluding carboxylic acids is 1. The van der Waals surface area contributed by atoms with Gasteiger partial charge in [-0.25, -0.2) is 4.98 Å². The molecule has 0 radical (unpaired) electrons. The van der Waals surface area contributed by atoms with Gasteiger partial charge in [-0.1, -0.05) is 12.1 Å². The largest absolute Gasteiger partial charge is 0.497 e. The highest BCUT2D eigenvalue weighted by molar-refractivity contribution is 5.90. The standard InChI is InChI=1S/C18H20N4O2/c1-24-15-5-2-4-13(10-15)16-12-22-11-14(7-8-17(22)21-16)20-18(23)6-3-9-19/h2,4-5,7-8,10-12H,3,6,9,19H2,1H3,(H,20,23). The van der Waals surface area contributed by atoms with Crippen LogP contribution in [0.1, 0.15) is 12.8 Å². The first-order valence-corrected chi connectivity index (χ1v) is 7.82. The van der Waals surface area contributed by atoms with Crippen molar-refractivity contribution in [3.63, 3.8) is 0 Å². The number of nitrogens with one attached hydrogen (secondary N) is 1. The summed E-state index contributed by atoms with van der Waals surface area (Å²) in [6, 6.07) is 11.5. The maximum atomic E-state index is 11.8. The quantitative estimate of drug-likeness (QED) is 0.730. The lowest BCUT2D eigenvalue weighted by atomic mass is 10.1. The summed E-state index contributed by atoms with van der Waals surface area (Å²) in [6.07, 6.45) is 4.89. The van der Waals surface area contributed by atoms with Crippen LogP contribution in [0.3, 0.4) is 0 Å². The number of hydrogen-bond donors (Lipinski definition) is 2. The number of rotatable bonds is 6. The van der Waals surface area contributed by atoms with Crippen molar-refractivity contribution in [1.29, 1.82) is 0 Å². The summed E-state index contributed by atoms with van der Waals surface area (Å²) in [6.45, 7) is 0.512. The molecule has 3 aromatic rings. The molecule has 1 aromatic carbocycles. The van der Waals surface area contributed by atoms with Gasteiger partial charge in [0.25, 0.3) is 0 Å². The van der Waals surface area contributed by atoms with Crippen LogP contribution in [0, 0.1) is 0 Å². The molecule has 24 heavy (non-hydrogen) atoms. The molecule has 2 aromatic heterocycles. The summed E-state index contributed by atoms with van der Waals surface area (Å²) < 4.78 is 7.15. The lowest BCUT2D eigenvalue weighted by molar-refractivity contribution is -0.116. The van der Waals surface area contributed by atoms with Gasteiger partial charge in [-0.2, -0.15) is 0 Å². The number of benzene rings is 1. The molecular weight excluding hydrogens is 304 g/mol. The fourth-order valence-corrected chi connectivity index (χ4v) is 2.47. The fourth-order valence-electron chi connectivity index (χ4n) is 2.47. The molecule has 2 heterocycles. The third-order valence-electron chi connectivity index (χ3n) is 3.71. The normalized spacial score (nSPS) is 10.8. The fraction of sp³-hybridized carbons (Fsp3) is 0.222. The van der Waals surface area contributed by atoms with Crippen LogP contribution in [0.4, 0.5) is 5.69 Å². The summed E-state index contributed by atoms with van der Waals surface area (Å²) in [5.74, 6) is 0.755. The molecule has 3 N–H and O–H groups in total. The van der Waals surface area contributed by atoms with Crippen LogP contribution >= 0.6 is 0 Å². The maximum absolute atomic E-state index is 11.8. The van der Waals surface area contributed by atoms with Crippen LogP contribution in [0.25, 0.3) is 16.9 Å². The number of fused-ring (bicyclic) bond motifs is 1. The summed E-state index contributed by atoms with van der Waals surface area (Å²) in [5, 5.41) is 2.87. The van der Waals surface area contributed by atoms with E-state index < -0.39 is 0 Å². The van der Waals surface area contributed by atoms with Crippen molar-refractivity contribution in [3.8, 4) is 17.0 Å². The van der Waals surface area contributed by atoms with Gasteiger partial charge in [-0.05, 0) is 37.2 Å². The van der Waals surface area contributed by atoms with Gasteiger partial charge in [-0.3, -0.25) is 4.79 Å². The van der Waals surface area contributed by atoms with Crippen LogP contribution in [-0.4, -0.2) is 28.9 Å². The van der Waals surface area contributed by atoms with E-state index in [4.69, 9.17) is 10.5 Å². The molecule has 124 valence electrons. The summed E-state index contributed by atoms with van der Waals surface area (Å²) in [7, 11) is 1.64. The second kappa shape index (κ2) is 7.14. The highest BCUT2D eigenvalue weighted by Crippen LogP contribution is 2.24. The third kappa shape index (κ3) is 3.55. The first-order chi connectivity index (χ1) is 11.7. The molecule has 3 rings (SSSR count). The van der Waals surface area contributed by atoms with Gasteiger partial charge in [0, 0.05) is 24.4 Å². The zero-order chi connectivity index (χ0) is 16.9. The number of nitrogens with zero attached hydrogens (tertiary/aromatic N) is 2. The summed E-state index contributed by atoms with van der Waals surface area (Å²) >= 11 is 0. The Hall–Kier alpha value is -2.86. The zero-order valence-electron chi connectivity index (χ0n) is 13.5. The molecule has 0 unspecified atom stereocenters. The van der Waals surface area contributed by atoms with Gasteiger partial charge in [0.1, 0.15) is 11.4 Å². The molecule has 0 saturated carbocycles. The van der Waals surface area contributed by atoms with E-state index in [1.54, 1.807) is 7.11 Å². The Balaban J connectivity index is 1.84. The molecule has 0 atom stereocenters. The molecule has 0 fully saturated rings. The van der Waals surface area contributed by atoms with Gasteiger partial charge in [0.15, 0.2) is 0 Å². The average molecular weight is 324 g/mol. The van der Waals surface area contributed by atoms with E-state index in [-0.39, 0.29) is 5.91 Å². The second-order valence-corrected chi connectivity index (χ2v) is 5.48. The monoisotopic (exact) mass is 324 g/mol. The Morgan fingerprint density at radius 1 is 1.29 bits per heavy atom. The van der Waals surface area contributed by atoms with Crippen molar-refractivity contribution < 1.29 is 9.53 Å². The van der Waals surface area contributed by atoms with Gasteiger partial charge < -0.3 is 20.2 Å². The number of ether oxygens (including phenoxy) is 1.